The molecule has 5 nitrogen and oxygen atoms in total. The molecule has 0 bridgehead atoms. The van der Waals surface area contributed by atoms with Crippen molar-refractivity contribution in [2.45, 2.75) is 31.9 Å². The van der Waals surface area contributed by atoms with E-state index in [2.05, 4.69) is 9.64 Å². The molecule has 3 aromatic rings. The van der Waals surface area contributed by atoms with Crippen LogP contribution in [0.15, 0.2) is 42.5 Å². The molecule has 0 radical (unpaired) electrons. The average molecular weight is 486 g/mol. The maximum atomic E-state index is 12.3. The lowest BCUT2D eigenvalue weighted by Gasteiger charge is -2.33. The average Bonchev–Trinajstić information content (AvgIpc) is 3.03. The molecule has 2 aromatic carbocycles. The number of aromatic nitrogens is 1. The molecular formula is C22H23ClF3N3O2S. The summed E-state index contributed by atoms with van der Waals surface area (Å²) in [6, 6.07) is 11.0. The summed E-state index contributed by atoms with van der Waals surface area (Å²) in [4.78, 5) is 2.68. The number of alkyl halides is 3. The summed E-state index contributed by atoms with van der Waals surface area (Å²) < 4.78 is 43.8. The molecular weight excluding hydrogens is 463 g/mol. The largest absolute Gasteiger partial charge is 0.573 e. The number of thiazole rings is 1. The van der Waals surface area contributed by atoms with Gasteiger partial charge in [-0.1, -0.05) is 35.1 Å². The van der Waals surface area contributed by atoms with Crippen LogP contribution in [-0.2, 0) is 6.54 Å². The highest BCUT2D eigenvalue weighted by atomic mass is 35.5. The summed E-state index contributed by atoms with van der Waals surface area (Å²) in [5, 5.41) is 19.5. The lowest BCUT2D eigenvalue weighted by molar-refractivity contribution is -0.274. The van der Waals surface area contributed by atoms with Crippen LogP contribution in [0.5, 0.6) is 5.75 Å². The zero-order valence-corrected chi connectivity index (χ0v) is 18.7. The number of β-amino-alcohol motifs (C(OH)–C–C–N with tert-alkyl or cyclic N) is 1. The van der Waals surface area contributed by atoms with Gasteiger partial charge in [-0.15, -0.1) is 13.2 Å². The van der Waals surface area contributed by atoms with Gasteiger partial charge in [-0.3, -0.25) is 5.41 Å². The van der Waals surface area contributed by atoms with E-state index in [0.29, 0.717) is 27.9 Å². The fourth-order valence-corrected chi connectivity index (χ4v) is 5.29. The number of likely N-dealkylation sites (tertiary alicyclic amines) is 1. The molecule has 1 saturated heterocycles. The van der Waals surface area contributed by atoms with Gasteiger partial charge in [0.1, 0.15) is 5.75 Å². The molecule has 4 rings (SSSR count). The van der Waals surface area contributed by atoms with Crippen molar-refractivity contribution in [2.24, 2.45) is 5.92 Å². The van der Waals surface area contributed by atoms with Crippen LogP contribution in [-0.4, -0.2) is 40.6 Å². The van der Waals surface area contributed by atoms with Gasteiger partial charge in [0.25, 0.3) is 0 Å². The predicted octanol–water partition coefficient (Wildman–Crippen LogP) is 5.18. The molecule has 0 amide bonds. The van der Waals surface area contributed by atoms with E-state index in [1.54, 1.807) is 0 Å². The number of hydrogen-bond donors (Lipinski definition) is 2. The van der Waals surface area contributed by atoms with E-state index in [-0.39, 0.29) is 5.75 Å². The van der Waals surface area contributed by atoms with Crippen LogP contribution in [0.1, 0.15) is 24.5 Å². The number of aliphatic hydroxyl groups excluding tert-OH is 1. The molecule has 1 fully saturated rings. The van der Waals surface area contributed by atoms with E-state index in [1.807, 2.05) is 22.8 Å². The van der Waals surface area contributed by atoms with Crippen LogP contribution >= 0.6 is 22.9 Å². The molecule has 0 spiro atoms. The molecule has 172 valence electrons. The number of hydrogen-bond acceptors (Lipinski definition) is 5. The van der Waals surface area contributed by atoms with E-state index >= 15 is 0 Å². The Bertz CT molecular complexity index is 1120. The van der Waals surface area contributed by atoms with Gasteiger partial charge in [0, 0.05) is 18.1 Å². The molecule has 1 atom stereocenters. The summed E-state index contributed by atoms with van der Waals surface area (Å²) >= 11 is 7.49. The van der Waals surface area contributed by atoms with Gasteiger partial charge in [0.15, 0.2) is 4.80 Å². The summed E-state index contributed by atoms with van der Waals surface area (Å²) in [7, 11) is 0. The zero-order valence-electron chi connectivity index (χ0n) is 17.1. The van der Waals surface area contributed by atoms with Gasteiger partial charge < -0.3 is 19.3 Å². The summed E-state index contributed by atoms with van der Waals surface area (Å²) in [6.07, 6.45) is -3.62. The number of nitrogens with zero attached hydrogens (tertiary/aromatic N) is 2. The van der Waals surface area contributed by atoms with Crippen molar-refractivity contribution in [2.75, 3.05) is 19.6 Å². The molecule has 1 aliphatic rings. The Kier molecular flexibility index (Phi) is 6.80. The summed E-state index contributed by atoms with van der Waals surface area (Å²) in [5.74, 6) is 0.133. The smallest absolute Gasteiger partial charge is 0.406 e. The Morgan fingerprint density at radius 1 is 1.16 bits per heavy atom. The third-order valence-corrected chi connectivity index (χ3v) is 6.94. The predicted molar refractivity (Wildman–Crippen MR) is 118 cm³/mol. The number of piperidine rings is 1. The van der Waals surface area contributed by atoms with Crippen molar-refractivity contribution in [1.82, 2.24) is 9.47 Å². The van der Waals surface area contributed by atoms with E-state index in [0.717, 1.165) is 42.7 Å². The first-order valence-electron chi connectivity index (χ1n) is 10.3. The number of benzene rings is 2. The third-order valence-electron chi connectivity index (χ3n) is 5.74. The Hall–Kier alpha value is -2.07. The van der Waals surface area contributed by atoms with Gasteiger partial charge in [-0.05, 0) is 67.7 Å². The SMILES string of the molecule is N=c1sc2cc(Cl)ccc2n1CC1CCN(C[C@@H](O)c2ccc(OC(F)(F)F)cc2)CC1. The molecule has 0 unspecified atom stereocenters. The van der Waals surface area contributed by atoms with Gasteiger partial charge in [-0.2, -0.15) is 0 Å². The maximum Gasteiger partial charge on any atom is 0.573 e. The van der Waals surface area contributed by atoms with E-state index in [9.17, 15) is 18.3 Å². The van der Waals surface area contributed by atoms with Crippen molar-refractivity contribution in [3.05, 3.63) is 57.9 Å². The van der Waals surface area contributed by atoms with Crippen molar-refractivity contribution >= 4 is 33.2 Å². The monoisotopic (exact) mass is 485 g/mol. The molecule has 2 N–H and O–H groups in total. The molecule has 1 aromatic heterocycles. The number of fused-ring (bicyclic) bond motifs is 1. The first kappa shape index (κ1) is 23.1. The van der Waals surface area contributed by atoms with Crippen LogP contribution in [0.2, 0.25) is 5.02 Å². The van der Waals surface area contributed by atoms with E-state index < -0.39 is 12.5 Å². The number of nitrogens with one attached hydrogen (secondary N) is 1. The van der Waals surface area contributed by atoms with Gasteiger partial charge in [0.2, 0.25) is 0 Å². The zero-order chi connectivity index (χ0) is 22.9. The fourth-order valence-electron chi connectivity index (χ4n) is 4.09. The Morgan fingerprint density at radius 2 is 1.84 bits per heavy atom. The number of rotatable bonds is 6. The first-order chi connectivity index (χ1) is 15.2. The molecule has 0 aliphatic carbocycles. The van der Waals surface area contributed by atoms with E-state index in [4.69, 9.17) is 17.0 Å². The van der Waals surface area contributed by atoms with Crippen LogP contribution in [0, 0.1) is 11.3 Å². The highest BCUT2D eigenvalue weighted by Crippen LogP contribution is 2.27. The van der Waals surface area contributed by atoms with Gasteiger partial charge >= 0.3 is 6.36 Å². The standard InChI is InChI=1S/C22H23ClF3N3O2S/c23-16-3-6-18-20(11-16)32-21(27)29(18)12-14-7-9-28(10-8-14)13-19(30)15-1-4-17(5-2-15)31-22(24,25)26/h1-6,11,14,19,27,30H,7-10,12-13H2/t19-/m1/s1. The molecule has 10 heteroatoms. The van der Waals surface area contributed by atoms with Crippen molar-refractivity contribution in [3.8, 4) is 5.75 Å². The second-order valence-corrected chi connectivity index (χ2v) is 9.47. The fraction of sp³-hybridized carbons (Fsp3) is 0.409. The normalized spacial score (nSPS) is 17.0. The quantitative estimate of drug-likeness (QED) is 0.505. The van der Waals surface area contributed by atoms with Crippen LogP contribution in [0.3, 0.4) is 0 Å². The Morgan fingerprint density at radius 3 is 2.50 bits per heavy atom. The minimum Gasteiger partial charge on any atom is -0.406 e. The van der Waals surface area contributed by atoms with Crippen LogP contribution in [0.25, 0.3) is 10.2 Å². The van der Waals surface area contributed by atoms with Gasteiger partial charge in [-0.25, -0.2) is 0 Å². The van der Waals surface area contributed by atoms with Crippen molar-refractivity contribution < 1.29 is 23.0 Å². The highest BCUT2D eigenvalue weighted by Gasteiger charge is 2.31. The topological polar surface area (TPSA) is 61.5 Å². The van der Waals surface area contributed by atoms with Crippen LogP contribution < -0.4 is 9.54 Å². The molecule has 1 aliphatic heterocycles. The Labute approximate surface area is 192 Å². The van der Waals surface area contributed by atoms with Crippen molar-refractivity contribution in [3.63, 3.8) is 0 Å². The lowest BCUT2D eigenvalue weighted by Crippen LogP contribution is -2.38. The highest BCUT2D eigenvalue weighted by molar-refractivity contribution is 7.16. The van der Waals surface area contributed by atoms with E-state index in [1.165, 1.54) is 35.6 Å². The number of ether oxygens (including phenoxy) is 1. The molecule has 0 saturated carbocycles. The molecule has 32 heavy (non-hydrogen) atoms. The third kappa shape index (κ3) is 5.64. The second kappa shape index (κ2) is 9.43. The minimum atomic E-state index is -4.73. The number of aliphatic hydroxyl groups is 1. The summed E-state index contributed by atoms with van der Waals surface area (Å²) in [6.45, 7) is 2.83. The second-order valence-electron chi connectivity index (χ2n) is 8.01. The van der Waals surface area contributed by atoms with Crippen molar-refractivity contribution in [1.29, 1.82) is 5.41 Å². The molecule has 2 heterocycles. The lowest BCUT2D eigenvalue weighted by atomic mass is 9.96. The number of halogens is 4. The first-order valence-corrected chi connectivity index (χ1v) is 11.5. The van der Waals surface area contributed by atoms with Crippen LogP contribution in [0.4, 0.5) is 13.2 Å². The maximum absolute atomic E-state index is 12.3. The summed E-state index contributed by atoms with van der Waals surface area (Å²) in [5.41, 5.74) is 1.58. The van der Waals surface area contributed by atoms with Gasteiger partial charge in [0.05, 0.1) is 16.3 Å². The minimum absolute atomic E-state index is 0.302. The Balaban J connectivity index is 1.30.